The second-order valence-corrected chi connectivity index (χ2v) is 9.90. The molecular weight excluding hydrogens is 422 g/mol. The molecule has 4 aromatic rings. The van der Waals surface area contributed by atoms with Gasteiger partial charge in [-0.05, 0) is 37.6 Å². The van der Waals surface area contributed by atoms with E-state index in [9.17, 15) is 0 Å². The fourth-order valence-corrected chi connectivity index (χ4v) is 4.00. The van der Waals surface area contributed by atoms with Crippen LogP contribution in [0.2, 0.25) is 0 Å². The number of aryl methyl sites for hydroxylation is 1. The molecule has 166 valence electrons. The average Bonchev–Trinajstić information content (AvgIpc) is 3.41. The maximum Gasteiger partial charge on any atom is 0.239 e. The maximum atomic E-state index is 6.06. The highest BCUT2D eigenvalue weighted by atomic mass is 32.2. The quantitative estimate of drug-likeness (QED) is 0.335. The first-order valence-corrected chi connectivity index (χ1v) is 11.4. The topological polar surface area (TPSA) is 78.9 Å². The molecule has 2 aromatic heterocycles. The summed E-state index contributed by atoms with van der Waals surface area (Å²) in [5.41, 5.74) is 1.88. The second-order valence-electron chi connectivity index (χ2n) is 8.59. The van der Waals surface area contributed by atoms with E-state index in [1.54, 1.807) is 0 Å². The van der Waals surface area contributed by atoms with Gasteiger partial charge in [-0.2, -0.15) is 4.98 Å². The van der Waals surface area contributed by atoms with Crippen molar-refractivity contribution in [2.75, 3.05) is 0 Å². The Labute approximate surface area is 192 Å². The number of benzene rings is 2. The summed E-state index contributed by atoms with van der Waals surface area (Å²) in [6, 6.07) is 18.0. The minimum absolute atomic E-state index is 0.0876. The fraction of sp³-hybridized carbons (Fsp3) is 0.333. The Kier molecular flexibility index (Phi) is 6.32. The van der Waals surface area contributed by atoms with Crippen LogP contribution in [-0.4, -0.2) is 24.9 Å². The number of rotatable bonds is 7. The molecule has 2 heterocycles. The van der Waals surface area contributed by atoms with E-state index in [2.05, 4.69) is 41.1 Å². The number of hydrogen-bond acceptors (Lipinski definition) is 7. The lowest BCUT2D eigenvalue weighted by Crippen LogP contribution is -2.13. The largest absolute Gasteiger partial charge is 0.485 e. The number of thioether (sulfide) groups is 1. The predicted molar refractivity (Wildman–Crippen MR) is 124 cm³/mol. The third-order valence-electron chi connectivity index (χ3n) is 4.91. The van der Waals surface area contributed by atoms with Gasteiger partial charge in [0.2, 0.25) is 5.89 Å². The molecule has 7 nitrogen and oxygen atoms in total. The molecule has 0 radical (unpaired) electrons. The van der Waals surface area contributed by atoms with Crippen LogP contribution in [0.15, 0.2) is 64.3 Å². The highest BCUT2D eigenvalue weighted by Gasteiger charge is 2.25. The van der Waals surface area contributed by atoms with Crippen molar-refractivity contribution >= 4 is 11.8 Å². The molecule has 0 bridgehead atoms. The van der Waals surface area contributed by atoms with Gasteiger partial charge in [0.05, 0.1) is 5.25 Å². The summed E-state index contributed by atoms with van der Waals surface area (Å²) in [6.07, 6.45) is 0. The normalized spacial score (nSPS) is 12.7. The van der Waals surface area contributed by atoms with Crippen molar-refractivity contribution in [1.82, 2.24) is 24.9 Å². The van der Waals surface area contributed by atoms with Gasteiger partial charge >= 0.3 is 0 Å². The van der Waals surface area contributed by atoms with Gasteiger partial charge in [0, 0.05) is 11.1 Å². The Bertz CT molecular complexity index is 1180. The van der Waals surface area contributed by atoms with Crippen molar-refractivity contribution in [1.29, 1.82) is 0 Å². The van der Waals surface area contributed by atoms with Crippen LogP contribution in [0.5, 0.6) is 5.75 Å². The van der Waals surface area contributed by atoms with E-state index < -0.39 is 0 Å². The van der Waals surface area contributed by atoms with Crippen LogP contribution in [0.4, 0.5) is 0 Å². The van der Waals surface area contributed by atoms with Crippen molar-refractivity contribution < 1.29 is 9.26 Å². The Morgan fingerprint density at radius 1 is 1.03 bits per heavy atom. The molecule has 0 fully saturated rings. The molecule has 0 spiro atoms. The second kappa shape index (κ2) is 9.16. The number of hydrogen-bond donors (Lipinski definition) is 0. The molecule has 0 amide bonds. The molecule has 0 aliphatic rings. The Hall–Kier alpha value is -3.13. The zero-order valence-corrected chi connectivity index (χ0v) is 19.8. The standard InChI is InChI=1S/C24H27N5O2S/c1-16-11-9-10-14-19(16)30-15-20-26-27-23(29(20)18-12-7-6-8-13-18)32-17(2)21-25-22(28-31-21)24(3,4)5/h6-14,17H,15H2,1-5H3. The maximum absolute atomic E-state index is 6.06. The van der Waals surface area contributed by atoms with Gasteiger partial charge in [-0.1, -0.05) is 74.1 Å². The minimum Gasteiger partial charge on any atom is -0.485 e. The molecule has 1 atom stereocenters. The summed E-state index contributed by atoms with van der Waals surface area (Å²) in [4.78, 5) is 4.59. The monoisotopic (exact) mass is 449 g/mol. The molecule has 0 aliphatic heterocycles. The van der Waals surface area contributed by atoms with Gasteiger partial charge in [0.25, 0.3) is 0 Å². The van der Waals surface area contributed by atoms with Crippen LogP contribution in [0.1, 0.15) is 56.0 Å². The summed E-state index contributed by atoms with van der Waals surface area (Å²) < 4.78 is 13.6. The molecular formula is C24H27N5O2S. The highest BCUT2D eigenvalue weighted by molar-refractivity contribution is 7.99. The van der Waals surface area contributed by atoms with E-state index in [0.29, 0.717) is 18.3 Å². The molecule has 1 unspecified atom stereocenters. The molecule has 32 heavy (non-hydrogen) atoms. The first-order valence-electron chi connectivity index (χ1n) is 10.5. The van der Waals surface area contributed by atoms with E-state index in [1.165, 1.54) is 11.8 Å². The molecule has 0 aliphatic carbocycles. The van der Waals surface area contributed by atoms with Gasteiger partial charge < -0.3 is 9.26 Å². The third-order valence-corrected chi connectivity index (χ3v) is 5.94. The van der Waals surface area contributed by atoms with Crippen LogP contribution in [0.25, 0.3) is 5.69 Å². The SMILES string of the molecule is Cc1ccccc1OCc1nnc(SC(C)c2nc(C(C)(C)C)no2)n1-c1ccccc1. The van der Waals surface area contributed by atoms with Crippen molar-refractivity contribution in [3.8, 4) is 11.4 Å². The van der Waals surface area contributed by atoms with Crippen molar-refractivity contribution in [2.45, 2.75) is 57.0 Å². The van der Waals surface area contributed by atoms with Crippen molar-refractivity contribution in [3.63, 3.8) is 0 Å². The smallest absolute Gasteiger partial charge is 0.239 e. The number of aromatic nitrogens is 5. The van der Waals surface area contributed by atoms with E-state index in [-0.39, 0.29) is 10.7 Å². The minimum atomic E-state index is -0.170. The van der Waals surface area contributed by atoms with Crippen LogP contribution >= 0.6 is 11.8 Å². The molecule has 0 saturated heterocycles. The summed E-state index contributed by atoms with van der Waals surface area (Å²) >= 11 is 1.53. The van der Waals surface area contributed by atoms with Crippen LogP contribution in [0.3, 0.4) is 0 Å². The number of ether oxygens (including phenoxy) is 1. The summed E-state index contributed by atoms with van der Waals surface area (Å²) in [7, 11) is 0. The van der Waals surface area contributed by atoms with Crippen molar-refractivity contribution in [3.05, 3.63) is 77.7 Å². The highest BCUT2D eigenvalue weighted by Crippen LogP contribution is 2.35. The van der Waals surface area contributed by atoms with Crippen LogP contribution in [-0.2, 0) is 12.0 Å². The lowest BCUT2D eigenvalue weighted by molar-refractivity contribution is 0.291. The molecule has 2 aromatic carbocycles. The van der Waals surface area contributed by atoms with Gasteiger partial charge in [-0.3, -0.25) is 4.57 Å². The Morgan fingerprint density at radius 2 is 1.75 bits per heavy atom. The van der Waals surface area contributed by atoms with Gasteiger partial charge in [0.15, 0.2) is 16.8 Å². The first kappa shape index (κ1) is 22.1. The molecule has 0 saturated carbocycles. The zero-order valence-electron chi connectivity index (χ0n) is 18.9. The number of nitrogens with zero attached hydrogens (tertiary/aromatic N) is 5. The van der Waals surface area contributed by atoms with Crippen LogP contribution in [0, 0.1) is 6.92 Å². The van der Waals surface area contributed by atoms with E-state index in [4.69, 9.17) is 9.26 Å². The van der Waals surface area contributed by atoms with Crippen LogP contribution < -0.4 is 4.74 Å². The van der Waals surface area contributed by atoms with Gasteiger partial charge in [0.1, 0.15) is 12.4 Å². The lowest BCUT2D eigenvalue weighted by atomic mass is 9.96. The lowest BCUT2D eigenvalue weighted by Gasteiger charge is -2.13. The first-order chi connectivity index (χ1) is 15.3. The van der Waals surface area contributed by atoms with Crippen molar-refractivity contribution in [2.24, 2.45) is 0 Å². The summed E-state index contributed by atoms with van der Waals surface area (Å²) in [5, 5.41) is 13.7. The Morgan fingerprint density at radius 3 is 2.44 bits per heavy atom. The average molecular weight is 450 g/mol. The van der Waals surface area contributed by atoms with Gasteiger partial charge in [-0.25, -0.2) is 0 Å². The number of para-hydroxylation sites is 2. The molecule has 8 heteroatoms. The Balaban J connectivity index is 1.61. The predicted octanol–water partition coefficient (Wildman–Crippen LogP) is 5.69. The molecule has 0 N–H and O–H groups in total. The zero-order chi connectivity index (χ0) is 22.7. The third kappa shape index (κ3) is 4.85. The van der Waals surface area contributed by atoms with Gasteiger partial charge in [-0.15, -0.1) is 10.2 Å². The molecule has 4 rings (SSSR count). The van der Waals surface area contributed by atoms with E-state index in [0.717, 1.165) is 28.0 Å². The summed E-state index contributed by atoms with van der Waals surface area (Å²) in [6.45, 7) is 10.5. The summed E-state index contributed by atoms with van der Waals surface area (Å²) in [5.74, 6) is 2.81. The van der Waals surface area contributed by atoms with E-state index in [1.807, 2.05) is 73.0 Å². The van der Waals surface area contributed by atoms with E-state index >= 15 is 0 Å². The fourth-order valence-electron chi connectivity index (χ4n) is 3.08.